The van der Waals surface area contributed by atoms with Crippen molar-refractivity contribution in [3.05, 3.63) is 46.1 Å². The Labute approximate surface area is 165 Å². The highest BCUT2D eigenvalue weighted by atomic mass is 32.2. The van der Waals surface area contributed by atoms with Crippen LogP contribution in [-0.2, 0) is 11.2 Å². The van der Waals surface area contributed by atoms with Gasteiger partial charge in [0.2, 0.25) is 5.91 Å². The first-order valence-electron chi connectivity index (χ1n) is 9.02. The van der Waals surface area contributed by atoms with Crippen molar-refractivity contribution in [2.75, 3.05) is 18.8 Å². The van der Waals surface area contributed by atoms with E-state index >= 15 is 0 Å². The van der Waals surface area contributed by atoms with Gasteiger partial charge in [0.05, 0.1) is 22.0 Å². The summed E-state index contributed by atoms with van der Waals surface area (Å²) in [5.74, 6) is -0.0438. The number of hydrogen-bond acceptors (Lipinski definition) is 5. The van der Waals surface area contributed by atoms with E-state index in [0.29, 0.717) is 21.0 Å². The van der Waals surface area contributed by atoms with Gasteiger partial charge in [-0.2, -0.15) is 0 Å². The van der Waals surface area contributed by atoms with Crippen molar-refractivity contribution in [3.8, 4) is 5.69 Å². The molecule has 1 amide bonds. The van der Waals surface area contributed by atoms with Gasteiger partial charge in [-0.1, -0.05) is 18.7 Å². The van der Waals surface area contributed by atoms with Gasteiger partial charge in [0.15, 0.2) is 5.16 Å². The van der Waals surface area contributed by atoms with Gasteiger partial charge in [0.25, 0.3) is 5.56 Å². The van der Waals surface area contributed by atoms with Gasteiger partial charge >= 0.3 is 0 Å². The van der Waals surface area contributed by atoms with Gasteiger partial charge in [0.1, 0.15) is 5.82 Å². The molecule has 2 aliphatic heterocycles. The summed E-state index contributed by atoms with van der Waals surface area (Å²) in [6, 6.07) is 5.80. The van der Waals surface area contributed by atoms with E-state index in [0.717, 1.165) is 38.0 Å². The summed E-state index contributed by atoms with van der Waals surface area (Å²) in [7, 11) is 0. The summed E-state index contributed by atoms with van der Waals surface area (Å²) in [6.07, 6.45) is 2.83. The fourth-order valence-corrected chi connectivity index (χ4v) is 5.43. The Hall–Kier alpha value is -1.80. The van der Waals surface area contributed by atoms with Crippen LogP contribution in [0.25, 0.3) is 5.69 Å². The van der Waals surface area contributed by atoms with Crippen molar-refractivity contribution in [3.63, 3.8) is 0 Å². The summed E-state index contributed by atoms with van der Waals surface area (Å²) < 4.78 is 14.8. The number of likely N-dealkylation sites (tertiary alicyclic amines) is 1. The normalized spacial score (nSPS) is 18.7. The fourth-order valence-electron chi connectivity index (χ4n) is 3.40. The number of fused-ring (bicyclic) bond motifs is 1. The Morgan fingerprint density at radius 3 is 2.70 bits per heavy atom. The van der Waals surface area contributed by atoms with E-state index in [4.69, 9.17) is 4.98 Å². The molecule has 1 fully saturated rings. The zero-order chi connectivity index (χ0) is 19.0. The van der Waals surface area contributed by atoms with Crippen LogP contribution in [0.15, 0.2) is 39.1 Å². The average molecular weight is 406 g/mol. The number of halogens is 1. The van der Waals surface area contributed by atoms with Crippen LogP contribution < -0.4 is 5.56 Å². The molecule has 3 heterocycles. The van der Waals surface area contributed by atoms with Crippen molar-refractivity contribution in [1.82, 2.24) is 14.5 Å². The number of amides is 1. The van der Waals surface area contributed by atoms with Gasteiger partial charge in [-0.25, -0.2) is 9.37 Å². The maximum atomic E-state index is 13.3. The van der Waals surface area contributed by atoms with E-state index in [2.05, 4.69) is 6.92 Å². The second kappa shape index (κ2) is 7.67. The first kappa shape index (κ1) is 18.6. The molecule has 5 nitrogen and oxygen atoms in total. The molecule has 142 valence electrons. The minimum Gasteiger partial charge on any atom is -0.342 e. The topological polar surface area (TPSA) is 55.2 Å². The summed E-state index contributed by atoms with van der Waals surface area (Å²) in [5, 5.41) is 0.793. The third-order valence-electron chi connectivity index (χ3n) is 4.75. The predicted molar refractivity (Wildman–Crippen MR) is 105 cm³/mol. The molecular weight excluding hydrogens is 385 g/mol. The molecule has 1 atom stereocenters. The second-order valence-electron chi connectivity index (χ2n) is 6.80. The minimum absolute atomic E-state index is 0.0700. The van der Waals surface area contributed by atoms with Crippen molar-refractivity contribution in [1.29, 1.82) is 0 Å². The molecule has 0 N–H and O–H groups in total. The number of carbonyl (C=O) groups is 1. The zero-order valence-electron chi connectivity index (χ0n) is 15.0. The average Bonchev–Trinajstić information content (AvgIpc) is 3.30. The maximum Gasteiger partial charge on any atom is 0.272 e. The Balaban J connectivity index is 1.69. The summed E-state index contributed by atoms with van der Waals surface area (Å²) in [6.45, 7) is 3.67. The number of thioether (sulfide) groups is 2. The van der Waals surface area contributed by atoms with Gasteiger partial charge in [0, 0.05) is 24.8 Å². The predicted octanol–water partition coefficient (Wildman–Crippen LogP) is 3.12. The van der Waals surface area contributed by atoms with E-state index in [1.54, 1.807) is 12.1 Å². The number of benzene rings is 1. The quantitative estimate of drug-likeness (QED) is 0.578. The zero-order valence-corrected chi connectivity index (χ0v) is 16.6. The van der Waals surface area contributed by atoms with Gasteiger partial charge in [-0.05, 0) is 37.1 Å². The highest BCUT2D eigenvalue weighted by molar-refractivity contribution is 8.00. The molecule has 0 aliphatic carbocycles. The maximum absolute atomic E-state index is 13.3. The first-order valence-corrected chi connectivity index (χ1v) is 10.9. The van der Waals surface area contributed by atoms with Gasteiger partial charge < -0.3 is 4.90 Å². The smallest absolute Gasteiger partial charge is 0.272 e. The summed E-state index contributed by atoms with van der Waals surface area (Å²) in [5.41, 5.74) is 1.22. The fraction of sp³-hybridized carbons (Fsp3) is 0.421. The van der Waals surface area contributed by atoms with Crippen LogP contribution in [-0.4, -0.2) is 44.5 Å². The molecule has 2 aromatic rings. The Morgan fingerprint density at radius 1 is 1.30 bits per heavy atom. The van der Waals surface area contributed by atoms with Crippen molar-refractivity contribution in [2.24, 2.45) is 0 Å². The lowest BCUT2D eigenvalue weighted by atomic mass is 10.2. The van der Waals surface area contributed by atoms with E-state index in [1.807, 2.05) is 4.90 Å². The molecule has 1 aromatic carbocycles. The molecule has 1 aromatic heterocycles. The van der Waals surface area contributed by atoms with Gasteiger partial charge in [-0.3, -0.25) is 14.2 Å². The standard InChI is InChI=1S/C19H20FN3O2S2/c1-12-10-15-17(27-12)18(25)23(14-6-4-13(20)5-7-14)19(21-15)26-11-16(24)22-8-2-3-9-22/h4-7,12H,2-3,8-11H2,1H3/t12-/m0/s1. The van der Waals surface area contributed by atoms with E-state index in [1.165, 1.54) is 40.2 Å². The van der Waals surface area contributed by atoms with Crippen LogP contribution in [0.3, 0.4) is 0 Å². The molecule has 27 heavy (non-hydrogen) atoms. The van der Waals surface area contributed by atoms with Crippen LogP contribution in [0.4, 0.5) is 4.39 Å². The Morgan fingerprint density at radius 2 is 2.00 bits per heavy atom. The third kappa shape index (κ3) is 3.78. The second-order valence-corrected chi connectivity index (χ2v) is 9.19. The lowest BCUT2D eigenvalue weighted by Crippen LogP contribution is -2.30. The minimum atomic E-state index is -0.359. The van der Waals surface area contributed by atoms with Crippen LogP contribution in [0.1, 0.15) is 25.5 Å². The number of nitrogens with zero attached hydrogens (tertiary/aromatic N) is 3. The highest BCUT2D eigenvalue weighted by Crippen LogP contribution is 2.35. The molecule has 0 spiro atoms. The van der Waals surface area contributed by atoms with Crippen molar-refractivity contribution >= 4 is 29.4 Å². The molecule has 0 unspecified atom stereocenters. The molecule has 0 radical (unpaired) electrons. The van der Waals surface area contributed by atoms with E-state index < -0.39 is 0 Å². The molecule has 2 aliphatic rings. The number of aromatic nitrogens is 2. The molecule has 1 saturated heterocycles. The van der Waals surface area contributed by atoms with E-state index in [9.17, 15) is 14.0 Å². The largest absolute Gasteiger partial charge is 0.342 e. The number of hydrogen-bond donors (Lipinski definition) is 0. The SMILES string of the molecule is C[C@H]1Cc2nc(SCC(=O)N3CCCC3)n(-c3ccc(F)cc3)c(=O)c2S1. The molecule has 4 rings (SSSR count). The first-order chi connectivity index (χ1) is 13.0. The van der Waals surface area contributed by atoms with Gasteiger partial charge in [-0.15, -0.1) is 11.8 Å². The summed E-state index contributed by atoms with van der Waals surface area (Å²) >= 11 is 2.81. The van der Waals surface area contributed by atoms with Crippen LogP contribution in [0.2, 0.25) is 0 Å². The Bertz CT molecular complexity index is 924. The number of rotatable bonds is 4. The van der Waals surface area contributed by atoms with Crippen LogP contribution >= 0.6 is 23.5 Å². The lowest BCUT2D eigenvalue weighted by Gasteiger charge is -2.16. The van der Waals surface area contributed by atoms with Crippen molar-refractivity contribution < 1.29 is 9.18 Å². The molecule has 0 saturated carbocycles. The Kier molecular flexibility index (Phi) is 5.27. The third-order valence-corrected chi connectivity index (χ3v) is 6.89. The van der Waals surface area contributed by atoms with Crippen LogP contribution in [0.5, 0.6) is 0 Å². The van der Waals surface area contributed by atoms with Crippen molar-refractivity contribution in [2.45, 2.75) is 41.5 Å². The number of carbonyl (C=O) groups excluding carboxylic acids is 1. The highest BCUT2D eigenvalue weighted by Gasteiger charge is 2.27. The van der Waals surface area contributed by atoms with E-state index in [-0.39, 0.29) is 23.0 Å². The molecule has 0 bridgehead atoms. The monoisotopic (exact) mass is 405 g/mol. The molecular formula is C19H20FN3O2S2. The molecule has 8 heteroatoms. The summed E-state index contributed by atoms with van der Waals surface area (Å²) in [4.78, 5) is 32.7. The van der Waals surface area contributed by atoms with Crippen LogP contribution in [0, 0.1) is 5.82 Å². The lowest BCUT2D eigenvalue weighted by molar-refractivity contribution is -0.127.